The second kappa shape index (κ2) is 10.1. The Bertz CT molecular complexity index is 1370. The van der Waals surface area contributed by atoms with E-state index in [-0.39, 0.29) is 5.91 Å². The predicted octanol–water partition coefficient (Wildman–Crippen LogP) is 7.19. The highest BCUT2D eigenvalue weighted by Crippen LogP contribution is 2.40. The molecule has 4 aromatic rings. The van der Waals surface area contributed by atoms with E-state index in [0.717, 1.165) is 55.1 Å². The minimum atomic E-state index is -0.196. The number of benzene rings is 3. The largest absolute Gasteiger partial charge is 0.497 e. The molecule has 0 spiro atoms. The van der Waals surface area contributed by atoms with Crippen molar-refractivity contribution in [1.82, 2.24) is 0 Å². The second-order valence-electron chi connectivity index (χ2n) is 7.89. The van der Waals surface area contributed by atoms with Crippen molar-refractivity contribution in [3.8, 4) is 22.6 Å². The Morgan fingerprint density at radius 1 is 1.06 bits per heavy atom. The summed E-state index contributed by atoms with van der Waals surface area (Å²) in [4.78, 5) is 13.9. The Balaban J connectivity index is 1.73. The molecule has 0 atom stereocenters. The molecule has 0 aliphatic rings. The van der Waals surface area contributed by atoms with Crippen LogP contribution in [-0.4, -0.2) is 26.4 Å². The van der Waals surface area contributed by atoms with Crippen LogP contribution in [0, 0.1) is 6.92 Å². The van der Waals surface area contributed by atoms with E-state index in [1.54, 1.807) is 38.3 Å². The molecule has 34 heavy (non-hydrogen) atoms. The van der Waals surface area contributed by atoms with Crippen molar-refractivity contribution in [2.24, 2.45) is 0 Å². The molecule has 0 radical (unpaired) electrons. The van der Waals surface area contributed by atoms with Gasteiger partial charge in [-0.1, -0.05) is 18.2 Å². The number of anilines is 1. The third kappa shape index (κ3) is 4.68. The van der Waals surface area contributed by atoms with Crippen LogP contribution in [0.15, 0.2) is 76.2 Å². The Labute approximate surface area is 203 Å². The number of furan rings is 1. The van der Waals surface area contributed by atoms with Crippen molar-refractivity contribution in [3.05, 3.63) is 78.1 Å². The summed E-state index contributed by atoms with van der Waals surface area (Å²) >= 11 is 1.63. The van der Waals surface area contributed by atoms with E-state index in [1.807, 2.05) is 74.7 Å². The summed E-state index contributed by atoms with van der Waals surface area (Å²) in [7, 11) is 3.28. The first-order valence-electron chi connectivity index (χ1n) is 10.8. The van der Waals surface area contributed by atoms with E-state index in [4.69, 9.17) is 13.9 Å². The topological polar surface area (TPSA) is 60.7 Å². The molecule has 0 aliphatic carbocycles. The molecule has 1 amide bonds. The average Bonchev–Trinajstić information content (AvgIpc) is 3.28. The third-order valence-corrected chi connectivity index (χ3v) is 6.48. The lowest BCUT2D eigenvalue weighted by Crippen LogP contribution is -2.08. The molecule has 0 unspecified atom stereocenters. The minimum Gasteiger partial charge on any atom is -0.497 e. The van der Waals surface area contributed by atoms with Crippen molar-refractivity contribution < 1.29 is 18.7 Å². The number of aryl methyl sites for hydroxylation is 1. The lowest BCUT2D eigenvalue weighted by molar-refractivity contribution is -0.111. The van der Waals surface area contributed by atoms with Gasteiger partial charge in [-0.05, 0) is 67.6 Å². The molecule has 6 heteroatoms. The fraction of sp³-hybridized carbons (Fsp3) is 0.179. The van der Waals surface area contributed by atoms with Crippen molar-refractivity contribution >= 4 is 39.9 Å². The number of amides is 1. The zero-order chi connectivity index (χ0) is 24.2. The standard InChI is InChI=1S/C28H27NO4S/c1-17(13-26(30)29-20-7-6-8-22(14-20)34-5)23-15-24-25(19-9-11-21(31-3)12-10-19)16-33-28(24)18(2)27(23)32-4/h6-16H,1-5H3,(H,29,30)/b17-13+. The number of fused-ring (bicyclic) bond motifs is 1. The monoisotopic (exact) mass is 473 g/mol. The first kappa shape index (κ1) is 23.5. The van der Waals surface area contributed by atoms with Gasteiger partial charge in [0.25, 0.3) is 0 Å². The van der Waals surface area contributed by atoms with E-state index in [1.165, 1.54) is 0 Å². The summed E-state index contributed by atoms with van der Waals surface area (Å²) in [5.41, 5.74) is 6.03. The van der Waals surface area contributed by atoms with Crippen LogP contribution in [0.25, 0.3) is 27.7 Å². The highest BCUT2D eigenvalue weighted by Gasteiger charge is 2.19. The Morgan fingerprint density at radius 3 is 2.50 bits per heavy atom. The first-order valence-corrected chi connectivity index (χ1v) is 12.0. The number of allylic oxidation sites excluding steroid dienone is 1. The van der Waals surface area contributed by atoms with E-state index in [0.29, 0.717) is 5.75 Å². The van der Waals surface area contributed by atoms with Gasteiger partial charge in [0.1, 0.15) is 17.1 Å². The van der Waals surface area contributed by atoms with Crippen molar-refractivity contribution in [2.45, 2.75) is 18.7 Å². The van der Waals surface area contributed by atoms with Crippen molar-refractivity contribution in [1.29, 1.82) is 0 Å². The molecule has 1 N–H and O–H groups in total. The molecule has 3 aromatic carbocycles. The number of nitrogens with one attached hydrogen (secondary N) is 1. The summed E-state index contributed by atoms with van der Waals surface area (Å²) in [6.45, 7) is 3.88. The van der Waals surface area contributed by atoms with E-state index >= 15 is 0 Å². The fourth-order valence-corrected chi connectivity index (χ4v) is 4.48. The summed E-state index contributed by atoms with van der Waals surface area (Å²) < 4.78 is 16.9. The molecule has 0 saturated heterocycles. The zero-order valence-corrected chi connectivity index (χ0v) is 20.7. The van der Waals surface area contributed by atoms with E-state index < -0.39 is 0 Å². The third-order valence-electron chi connectivity index (χ3n) is 5.76. The molecule has 174 valence electrons. The van der Waals surface area contributed by atoms with Crippen LogP contribution in [0.5, 0.6) is 11.5 Å². The number of hydrogen-bond donors (Lipinski definition) is 1. The SMILES string of the molecule is COc1ccc(-c2coc3c(C)c(OC)c(/C(C)=C/C(=O)Nc4cccc(SC)c4)cc23)cc1. The van der Waals surface area contributed by atoms with Gasteiger partial charge in [-0.15, -0.1) is 11.8 Å². The van der Waals surface area contributed by atoms with Gasteiger partial charge in [-0.25, -0.2) is 0 Å². The fourth-order valence-electron chi connectivity index (χ4n) is 4.02. The summed E-state index contributed by atoms with van der Waals surface area (Å²) in [6.07, 6.45) is 5.36. The Morgan fingerprint density at radius 2 is 1.82 bits per heavy atom. The smallest absolute Gasteiger partial charge is 0.248 e. The van der Waals surface area contributed by atoms with Gasteiger partial charge in [0.05, 0.1) is 20.5 Å². The van der Waals surface area contributed by atoms with Gasteiger partial charge in [-0.2, -0.15) is 0 Å². The number of methoxy groups -OCH3 is 2. The van der Waals surface area contributed by atoms with Crippen LogP contribution >= 0.6 is 11.8 Å². The zero-order valence-electron chi connectivity index (χ0n) is 19.9. The summed E-state index contributed by atoms with van der Waals surface area (Å²) in [5.74, 6) is 1.29. The molecule has 5 nitrogen and oxygen atoms in total. The number of hydrogen-bond acceptors (Lipinski definition) is 5. The Hall–Kier alpha value is -3.64. The van der Waals surface area contributed by atoms with Crippen LogP contribution in [0.4, 0.5) is 5.69 Å². The quantitative estimate of drug-likeness (QED) is 0.227. The number of carbonyl (C=O) groups is 1. The molecular formula is C28H27NO4S. The minimum absolute atomic E-state index is 0.196. The summed E-state index contributed by atoms with van der Waals surface area (Å²) in [5, 5.41) is 3.91. The lowest BCUT2D eigenvalue weighted by atomic mass is 9.96. The van der Waals surface area contributed by atoms with E-state index in [2.05, 4.69) is 5.32 Å². The van der Waals surface area contributed by atoms with Crippen LogP contribution in [0.1, 0.15) is 18.1 Å². The van der Waals surface area contributed by atoms with Gasteiger partial charge in [0.2, 0.25) is 5.91 Å². The molecule has 0 aliphatic heterocycles. The van der Waals surface area contributed by atoms with Gasteiger partial charge in [-0.3, -0.25) is 4.79 Å². The van der Waals surface area contributed by atoms with E-state index in [9.17, 15) is 4.79 Å². The number of ether oxygens (including phenoxy) is 2. The number of thioether (sulfide) groups is 1. The summed E-state index contributed by atoms with van der Waals surface area (Å²) in [6, 6.07) is 17.6. The normalized spacial score (nSPS) is 11.5. The van der Waals surface area contributed by atoms with Gasteiger partial charge >= 0.3 is 0 Å². The maximum Gasteiger partial charge on any atom is 0.248 e. The van der Waals surface area contributed by atoms with Crippen LogP contribution in [-0.2, 0) is 4.79 Å². The lowest BCUT2D eigenvalue weighted by Gasteiger charge is -2.13. The molecule has 0 saturated carbocycles. The van der Waals surface area contributed by atoms with Gasteiger partial charge in [0, 0.05) is 38.7 Å². The molecule has 1 heterocycles. The second-order valence-corrected chi connectivity index (χ2v) is 8.77. The number of carbonyl (C=O) groups excluding carboxylic acids is 1. The van der Waals surface area contributed by atoms with Gasteiger partial charge in [0.15, 0.2) is 0 Å². The highest BCUT2D eigenvalue weighted by molar-refractivity contribution is 7.98. The molecule has 0 bridgehead atoms. The highest BCUT2D eigenvalue weighted by atomic mass is 32.2. The maximum absolute atomic E-state index is 12.8. The van der Waals surface area contributed by atoms with Crippen LogP contribution in [0.2, 0.25) is 0 Å². The number of rotatable bonds is 7. The average molecular weight is 474 g/mol. The van der Waals surface area contributed by atoms with Crippen LogP contribution < -0.4 is 14.8 Å². The molecular weight excluding hydrogens is 446 g/mol. The van der Waals surface area contributed by atoms with Crippen molar-refractivity contribution in [3.63, 3.8) is 0 Å². The maximum atomic E-state index is 12.8. The molecule has 0 fully saturated rings. The molecule has 4 rings (SSSR count). The predicted molar refractivity (Wildman–Crippen MR) is 140 cm³/mol. The first-order chi connectivity index (χ1) is 16.4. The van der Waals surface area contributed by atoms with Crippen molar-refractivity contribution in [2.75, 3.05) is 25.8 Å². The Kier molecular flexibility index (Phi) is 6.98. The molecule has 1 aromatic heterocycles. The van der Waals surface area contributed by atoms with Crippen LogP contribution in [0.3, 0.4) is 0 Å². The van der Waals surface area contributed by atoms with Gasteiger partial charge < -0.3 is 19.2 Å².